The zero-order chi connectivity index (χ0) is 24.0. The molecule has 0 saturated carbocycles. The third-order valence-electron chi connectivity index (χ3n) is 6.60. The van der Waals surface area contributed by atoms with E-state index < -0.39 is 6.10 Å². The molecule has 1 unspecified atom stereocenters. The quantitative estimate of drug-likeness (QED) is 0.377. The van der Waals surface area contributed by atoms with E-state index in [-0.39, 0.29) is 6.61 Å². The van der Waals surface area contributed by atoms with Crippen LogP contribution in [0.3, 0.4) is 0 Å². The summed E-state index contributed by atoms with van der Waals surface area (Å²) in [7, 11) is 0. The van der Waals surface area contributed by atoms with E-state index in [1.165, 1.54) is 16.3 Å². The van der Waals surface area contributed by atoms with Crippen molar-refractivity contribution in [3.63, 3.8) is 0 Å². The van der Waals surface area contributed by atoms with Gasteiger partial charge in [-0.05, 0) is 67.3 Å². The van der Waals surface area contributed by atoms with Crippen LogP contribution in [-0.2, 0) is 0 Å². The van der Waals surface area contributed by atoms with Gasteiger partial charge in [0.1, 0.15) is 18.5 Å². The van der Waals surface area contributed by atoms with Gasteiger partial charge < -0.3 is 19.3 Å². The average molecular weight is 470 g/mol. The van der Waals surface area contributed by atoms with E-state index in [9.17, 15) is 5.11 Å². The molecule has 1 aliphatic rings. The molecule has 6 nitrogen and oxygen atoms in total. The topological polar surface area (TPSA) is 71.6 Å². The van der Waals surface area contributed by atoms with E-state index >= 15 is 0 Å². The first-order valence-corrected chi connectivity index (χ1v) is 12.2. The van der Waals surface area contributed by atoms with Gasteiger partial charge in [0.2, 0.25) is 0 Å². The zero-order valence-electron chi connectivity index (χ0n) is 20.0. The van der Waals surface area contributed by atoms with Crippen molar-refractivity contribution >= 4 is 22.9 Å². The number of likely N-dealkylation sites (tertiary alicyclic amines) is 1. The predicted octanol–water partition coefficient (Wildman–Crippen LogP) is 5.32. The molecule has 35 heavy (non-hydrogen) atoms. The Bertz CT molecular complexity index is 1290. The predicted molar refractivity (Wildman–Crippen MR) is 138 cm³/mol. The second-order valence-electron chi connectivity index (χ2n) is 9.20. The summed E-state index contributed by atoms with van der Waals surface area (Å²) in [5, 5.41) is 17.0. The Balaban J connectivity index is 1.11. The second kappa shape index (κ2) is 10.8. The highest BCUT2D eigenvalue weighted by atomic mass is 16.5. The molecule has 5 rings (SSSR count). The molecule has 4 aromatic rings. The van der Waals surface area contributed by atoms with Crippen molar-refractivity contribution < 1.29 is 14.4 Å². The molecular weight excluding hydrogens is 438 g/mol. The van der Waals surface area contributed by atoms with Crippen molar-refractivity contribution in [3.05, 3.63) is 89.6 Å². The fourth-order valence-corrected chi connectivity index (χ4v) is 4.74. The monoisotopic (exact) mass is 469 g/mol. The number of aromatic nitrogens is 2. The van der Waals surface area contributed by atoms with Crippen LogP contribution in [0.5, 0.6) is 5.75 Å². The van der Waals surface area contributed by atoms with E-state index in [1.807, 2.05) is 30.3 Å². The number of ether oxygens (including phenoxy) is 1. The number of piperidine rings is 1. The summed E-state index contributed by atoms with van der Waals surface area (Å²) >= 11 is 0. The van der Waals surface area contributed by atoms with Crippen LogP contribution >= 0.6 is 0 Å². The fourth-order valence-electron chi connectivity index (χ4n) is 4.74. The van der Waals surface area contributed by atoms with Crippen LogP contribution in [-0.4, -0.2) is 52.5 Å². The number of para-hydroxylation sites is 1. The largest absolute Gasteiger partial charge is 0.490 e. The Labute approximate surface area is 205 Å². The summed E-state index contributed by atoms with van der Waals surface area (Å²) in [4.78, 5) is 6.52. The number of fused-ring (bicyclic) bond motifs is 1. The first-order valence-electron chi connectivity index (χ1n) is 12.2. The van der Waals surface area contributed by atoms with Crippen LogP contribution < -0.4 is 4.74 Å². The molecule has 1 saturated heterocycles. The van der Waals surface area contributed by atoms with Gasteiger partial charge in [-0.1, -0.05) is 65.8 Å². The van der Waals surface area contributed by atoms with Crippen LogP contribution in [0.4, 0.5) is 0 Å². The van der Waals surface area contributed by atoms with Crippen molar-refractivity contribution in [3.8, 4) is 5.75 Å². The Morgan fingerprint density at radius 2 is 1.80 bits per heavy atom. The van der Waals surface area contributed by atoms with Crippen LogP contribution in [0.15, 0.2) is 71.3 Å². The van der Waals surface area contributed by atoms with E-state index in [1.54, 1.807) is 13.0 Å². The molecule has 0 amide bonds. The van der Waals surface area contributed by atoms with Crippen molar-refractivity contribution in [2.45, 2.75) is 31.8 Å². The molecule has 0 aliphatic carbocycles. The third-order valence-corrected chi connectivity index (χ3v) is 6.60. The maximum absolute atomic E-state index is 10.6. The van der Waals surface area contributed by atoms with Gasteiger partial charge in [-0.2, -0.15) is 4.98 Å². The number of aryl methyl sites for hydroxylation is 1. The van der Waals surface area contributed by atoms with Gasteiger partial charge in [-0.15, -0.1) is 0 Å². The van der Waals surface area contributed by atoms with E-state index in [0.717, 1.165) is 31.5 Å². The van der Waals surface area contributed by atoms with Crippen LogP contribution in [0.25, 0.3) is 22.9 Å². The van der Waals surface area contributed by atoms with E-state index in [0.29, 0.717) is 29.9 Å². The molecule has 1 aromatic heterocycles. The number of hydrogen-bond donors (Lipinski definition) is 1. The molecule has 0 radical (unpaired) electrons. The minimum atomic E-state index is -0.553. The summed E-state index contributed by atoms with van der Waals surface area (Å²) < 4.78 is 11.1. The normalized spacial score (nSPS) is 16.2. The summed E-state index contributed by atoms with van der Waals surface area (Å²) in [6.07, 6.45) is 5.30. The number of aliphatic hydroxyl groups excluding tert-OH is 1. The van der Waals surface area contributed by atoms with Gasteiger partial charge in [-0.3, -0.25) is 0 Å². The van der Waals surface area contributed by atoms with Crippen molar-refractivity contribution in [1.29, 1.82) is 0 Å². The summed E-state index contributed by atoms with van der Waals surface area (Å²) in [5.74, 6) is 2.34. The van der Waals surface area contributed by atoms with Crippen LogP contribution in [0, 0.1) is 6.92 Å². The molecule has 6 heteroatoms. The lowest BCUT2D eigenvalue weighted by Crippen LogP contribution is -2.40. The summed E-state index contributed by atoms with van der Waals surface area (Å²) in [5.41, 5.74) is 2.32. The van der Waals surface area contributed by atoms with Crippen molar-refractivity contribution in [2.24, 2.45) is 0 Å². The maximum Gasteiger partial charge on any atom is 0.250 e. The third kappa shape index (κ3) is 5.96. The molecule has 180 valence electrons. The molecule has 1 atom stereocenters. The van der Waals surface area contributed by atoms with Gasteiger partial charge >= 0.3 is 0 Å². The van der Waals surface area contributed by atoms with Crippen LogP contribution in [0.2, 0.25) is 0 Å². The molecule has 2 heterocycles. The Hall–Kier alpha value is -3.48. The Morgan fingerprint density at radius 3 is 2.60 bits per heavy atom. The van der Waals surface area contributed by atoms with Gasteiger partial charge in [-0.25, -0.2) is 0 Å². The highest BCUT2D eigenvalue weighted by molar-refractivity contribution is 5.83. The number of rotatable bonds is 8. The zero-order valence-corrected chi connectivity index (χ0v) is 20.0. The number of hydrogen-bond acceptors (Lipinski definition) is 6. The fraction of sp³-hybridized carbons (Fsp3) is 0.310. The average Bonchev–Trinajstić information content (AvgIpc) is 3.32. The number of β-amino-alcohol motifs (C(OH)–C–C–N with tert-alkyl or cyclic N) is 1. The highest BCUT2D eigenvalue weighted by Crippen LogP contribution is 2.30. The number of nitrogens with zero attached hydrogens (tertiary/aromatic N) is 3. The highest BCUT2D eigenvalue weighted by Gasteiger charge is 2.22. The Kier molecular flexibility index (Phi) is 7.21. The lowest BCUT2D eigenvalue weighted by molar-refractivity contribution is 0.0594. The summed E-state index contributed by atoms with van der Waals surface area (Å²) in [6, 6.07) is 23.1. The van der Waals surface area contributed by atoms with Crippen molar-refractivity contribution in [2.75, 3.05) is 26.2 Å². The molecule has 0 spiro atoms. The lowest BCUT2D eigenvalue weighted by Gasteiger charge is -2.33. The van der Waals surface area contributed by atoms with Gasteiger partial charge in [0.25, 0.3) is 5.89 Å². The standard InChI is InChI=1S/C29H31N3O3/c1-21-30-29(35-31-21)13-12-24-7-4-5-9-28(24)34-20-27(33)19-32-16-14-23(15-17-32)26-11-10-22-6-2-3-8-25(22)18-26/h2-13,18,23,27,33H,14-17,19-20H2,1H3/b13-12+. The van der Waals surface area contributed by atoms with Gasteiger partial charge in [0, 0.05) is 18.2 Å². The minimum absolute atomic E-state index is 0.245. The first-order chi connectivity index (χ1) is 17.1. The maximum atomic E-state index is 10.6. The second-order valence-corrected chi connectivity index (χ2v) is 9.20. The molecule has 1 N–H and O–H groups in total. The number of aliphatic hydroxyl groups is 1. The Morgan fingerprint density at radius 1 is 1.03 bits per heavy atom. The summed E-state index contributed by atoms with van der Waals surface area (Å²) in [6.45, 7) is 4.61. The van der Waals surface area contributed by atoms with E-state index in [2.05, 4.69) is 57.5 Å². The van der Waals surface area contributed by atoms with Crippen molar-refractivity contribution in [1.82, 2.24) is 15.0 Å². The van der Waals surface area contributed by atoms with E-state index in [4.69, 9.17) is 9.26 Å². The van der Waals surface area contributed by atoms with Gasteiger partial charge in [0.15, 0.2) is 5.82 Å². The first kappa shape index (κ1) is 23.3. The smallest absolute Gasteiger partial charge is 0.250 e. The molecule has 0 bridgehead atoms. The number of benzene rings is 3. The molecule has 3 aromatic carbocycles. The molecule has 1 fully saturated rings. The minimum Gasteiger partial charge on any atom is -0.490 e. The lowest BCUT2D eigenvalue weighted by atomic mass is 9.88. The molecular formula is C29H31N3O3. The van der Waals surface area contributed by atoms with Gasteiger partial charge in [0.05, 0.1) is 0 Å². The molecule has 1 aliphatic heterocycles. The SMILES string of the molecule is Cc1noc(/C=C/c2ccccc2OCC(O)CN2CCC(c3ccc4ccccc4c3)CC2)n1. The van der Waals surface area contributed by atoms with Crippen LogP contribution in [0.1, 0.15) is 41.6 Å².